The Morgan fingerprint density at radius 3 is 0.837 bits per heavy atom. The van der Waals surface area contributed by atoms with Crippen LogP contribution in [0.1, 0.15) is 206 Å². The van der Waals surface area contributed by atoms with Crippen molar-refractivity contribution < 1.29 is 30.0 Å². The molecule has 0 aliphatic carbocycles. The molecule has 43 heavy (non-hydrogen) atoms. The summed E-state index contributed by atoms with van der Waals surface area (Å²) in [5, 5.41) is 39.7. The first-order valence-electron chi connectivity index (χ1n) is 18.1. The van der Waals surface area contributed by atoms with Gasteiger partial charge in [-0.25, -0.2) is 0 Å². The second kappa shape index (κ2) is 40.1. The van der Waals surface area contributed by atoms with Crippen molar-refractivity contribution in [1.29, 1.82) is 0 Å². The van der Waals surface area contributed by atoms with Crippen LogP contribution in [0.3, 0.4) is 0 Å². The van der Waals surface area contributed by atoms with Crippen molar-refractivity contribution in [3.63, 3.8) is 0 Å². The van der Waals surface area contributed by atoms with E-state index in [0.717, 1.165) is 77.0 Å². The molecule has 0 heterocycles. The van der Waals surface area contributed by atoms with E-state index in [2.05, 4.69) is 13.8 Å². The maximum atomic E-state index is 10.2. The molecule has 0 amide bonds. The van der Waals surface area contributed by atoms with Crippen molar-refractivity contribution in [2.75, 3.05) is 0 Å². The van der Waals surface area contributed by atoms with Gasteiger partial charge in [-0.1, -0.05) is 155 Å². The van der Waals surface area contributed by atoms with Gasteiger partial charge in [0.15, 0.2) is 0 Å². The molecular weight excluding hydrogens is 568 g/mol. The molecule has 0 aromatic carbocycles. The van der Waals surface area contributed by atoms with E-state index in [1.165, 1.54) is 103 Å². The van der Waals surface area contributed by atoms with Crippen LogP contribution in [-0.4, -0.2) is 72.1 Å². The molecule has 2 N–H and O–H groups in total. The molecular formula is C36H70CaO6. The molecule has 0 saturated carbocycles. The first kappa shape index (κ1) is 47.5. The maximum Gasteiger partial charge on any atom is 2.00 e. The van der Waals surface area contributed by atoms with Crippen molar-refractivity contribution in [3.8, 4) is 0 Å². The molecule has 2 unspecified atom stereocenters. The summed E-state index contributed by atoms with van der Waals surface area (Å²) in [6.07, 6.45) is 32.5. The van der Waals surface area contributed by atoms with Crippen molar-refractivity contribution in [2.45, 2.75) is 219 Å². The first-order valence-corrected chi connectivity index (χ1v) is 18.1. The monoisotopic (exact) mass is 638 g/mol. The summed E-state index contributed by atoms with van der Waals surface area (Å²) < 4.78 is 0. The molecule has 0 aliphatic rings. The van der Waals surface area contributed by atoms with Gasteiger partial charge in [-0.05, 0) is 51.4 Å². The van der Waals surface area contributed by atoms with E-state index >= 15 is 0 Å². The second-order valence-corrected chi connectivity index (χ2v) is 12.5. The van der Waals surface area contributed by atoms with Gasteiger partial charge in [0.25, 0.3) is 0 Å². The van der Waals surface area contributed by atoms with Crippen molar-refractivity contribution in [2.24, 2.45) is 0 Å². The number of carbonyl (C=O) groups excluding carboxylic acids is 2. The average molecular weight is 639 g/mol. The zero-order valence-corrected chi connectivity index (χ0v) is 30.8. The van der Waals surface area contributed by atoms with Crippen molar-refractivity contribution >= 4 is 49.7 Å². The fourth-order valence-electron chi connectivity index (χ4n) is 5.44. The first-order chi connectivity index (χ1) is 20.3. The fourth-order valence-corrected chi connectivity index (χ4v) is 5.44. The number of aliphatic hydroxyl groups is 2. The smallest absolute Gasteiger partial charge is 0.550 e. The summed E-state index contributed by atoms with van der Waals surface area (Å²) in [6, 6.07) is 0. The summed E-state index contributed by atoms with van der Waals surface area (Å²) in [5.41, 5.74) is 0. The standard InChI is InChI=1S/2C18H36O3.Ca/c2*1-2-14-17(19)15-12-10-8-6-4-3-5-7-9-11-13-16-18(20)21;/h2*17,19H,2-16H2,1H3,(H,20,21);/q;;+2/p-2. The largest absolute Gasteiger partial charge is 2.00 e. The van der Waals surface area contributed by atoms with Crippen molar-refractivity contribution in [1.82, 2.24) is 0 Å². The van der Waals surface area contributed by atoms with Crippen LogP contribution in [0.4, 0.5) is 0 Å². The summed E-state index contributed by atoms with van der Waals surface area (Å²) in [4.78, 5) is 20.5. The number of carboxylic acid groups (broad SMARTS) is 2. The number of aliphatic hydroxyl groups excluding tert-OH is 2. The zero-order valence-electron chi connectivity index (χ0n) is 28.6. The summed E-state index contributed by atoms with van der Waals surface area (Å²) >= 11 is 0. The van der Waals surface area contributed by atoms with E-state index in [-0.39, 0.29) is 62.8 Å². The third kappa shape index (κ3) is 46.7. The van der Waals surface area contributed by atoms with E-state index in [1.807, 2.05) is 0 Å². The predicted molar refractivity (Wildman–Crippen MR) is 178 cm³/mol. The Bertz CT molecular complexity index is 512. The molecule has 0 aliphatic heterocycles. The van der Waals surface area contributed by atoms with Crippen LogP contribution in [0.15, 0.2) is 0 Å². The van der Waals surface area contributed by atoms with E-state index in [9.17, 15) is 30.0 Å². The number of rotatable bonds is 32. The van der Waals surface area contributed by atoms with Gasteiger partial charge in [0.1, 0.15) is 0 Å². The summed E-state index contributed by atoms with van der Waals surface area (Å²) in [7, 11) is 0. The van der Waals surface area contributed by atoms with Crippen LogP contribution in [0.2, 0.25) is 0 Å². The van der Waals surface area contributed by atoms with Gasteiger partial charge in [0.05, 0.1) is 12.2 Å². The van der Waals surface area contributed by atoms with Gasteiger partial charge < -0.3 is 30.0 Å². The van der Waals surface area contributed by atoms with E-state index in [0.29, 0.717) is 0 Å². The summed E-state index contributed by atoms with van der Waals surface area (Å²) in [6.45, 7) is 4.24. The van der Waals surface area contributed by atoms with Crippen LogP contribution >= 0.6 is 0 Å². The Hall–Kier alpha value is 0.120. The average Bonchev–Trinajstić information content (AvgIpc) is 2.94. The van der Waals surface area contributed by atoms with Crippen LogP contribution in [0, 0.1) is 0 Å². The molecule has 7 heteroatoms. The Morgan fingerprint density at radius 1 is 0.419 bits per heavy atom. The fraction of sp³-hybridized carbons (Fsp3) is 0.944. The Morgan fingerprint density at radius 2 is 0.628 bits per heavy atom. The quantitative estimate of drug-likeness (QED) is 0.0580. The molecule has 0 aromatic rings. The van der Waals surface area contributed by atoms with E-state index in [1.54, 1.807) is 0 Å². The SMILES string of the molecule is CCCC(O)CCCCCCCCCCCCCC(=O)[O-].CCCC(O)CCCCCCCCCCCCCC(=O)[O-].[Ca+2]. The molecule has 0 rings (SSSR count). The summed E-state index contributed by atoms with van der Waals surface area (Å²) in [5.74, 6) is -1.84. The molecule has 0 aromatic heterocycles. The topological polar surface area (TPSA) is 121 Å². The molecule has 252 valence electrons. The van der Waals surface area contributed by atoms with Gasteiger partial charge in [0.2, 0.25) is 0 Å². The van der Waals surface area contributed by atoms with Gasteiger partial charge in [-0.2, -0.15) is 0 Å². The molecule has 2 atom stereocenters. The predicted octanol–water partition coefficient (Wildman–Crippen LogP) is 7.56. The Balaban J connectivity index is -0.000000727. The van der Waals surface area contributed by atoms with E-state index in [4.69, 9.17) is 0 Å². The number of hydrogen-bond acceptors (Lipinski definition) is 6. The maximum absolute atomic E-state index is 10.2. The van der Waals surface area contributed by atoms with Gasteiger partial charge in [-0.3, -0.25) is 0 Å². The van der Waals surface area contributed by atoms with Gasteiger partial charge in [0, 0.05) is 11.9 Å². The third-order valence-corrected chi connectivity index (χ3v) is 8.08. The van der Waals surface area contributed by atoms with Gasteiger partial charge in [-0.15, -0.1) is 0 Å². The number of unbranched alkanes of at least 4 members (excludes halogenated alkanes) is 20. The normalized spacial score (nSPS) is 12.2. The molecule has 0 fully saturated rings. The molecule has 6 nitrogen and oxygen atoms in total. The van der Waals surface area contributed by atoms with Crippen LogP contribution in [0.25, 0.3) is 0 Å². The minimum Gasteiger partial charge on any atom is -0.550 e. The van der Waals surface area contributed by atoms with Crippen LogP contribution < -0.4 is 10.2 Å². The Kier molecular flexibility index (Phi) is 44.4. The third-order valence-electron chi connectivity index (χ3n) is 8.08. The minimum atomic E-state index is -0.919. The number of carboxylic acids is 2. The molecule has 0 bridgehead atoms. The molecule has 0 saturated heterocycles. The van der Waals surface area contributed by atoms with Gasteiger partial charge >= 0.3 is 37.7 Å². The number of hydrogen-bond donors (Lipinski definition) is 2. The second-order valence-electron chi connectivity index (χ2n) is 12.5. The molecule has 0 spiro atoms. The zero-order chi connectivity index (χ0) is 31.5. The van der Waals surface area contributed by atoms with Crippen LogP contribution in [0.5, 0.6) is 0 Å². The van der Waals surface area contributed by atoms with Crippen LogP contribution in [-0.2, 0) is 9.59 Å². The number of aliphatic carboxylic acids is 2. The Labute approximate surface area is 296 Å². The van der Waals surface area contributed by atoms with Crippen molar-refractivity contribution in [3.05, 3.63) is 0 Å². The van der Waals surface area contributed by atoms with E-state index < -0.39 is 11.9 Å². The molecule has 0 radical (unpaired) electrons. The number of carbonyl (C=O) groups is 2. The minimum absolute atomic E-state index is 0.